The maximum absolute atomic E-state index is 12.3. The van der Waals surface area contributed by atoms with E-state index in [2.05, 4.69) is 10.0 Å². The number of halogens is 2. The number of aryl methyl sites for hydroxylation is 1. The van der Waals surface area contributed by atoms with Gasteiger partial charge in [0.05, 0.1) is 28.3 Å². The van der Waals surface area contributed by atoms with Gasteiger partial charge >= 0.3 is 5.97 Å². The Balaban J connectivity index is 2.11. The summed E-state index contributed by atoms with van der Waals surface area (Å²) in [5.41, 5.74) is 0.889. The molecule has 0 fully saturated rings. The average Bonchev–Trinajstić information content (AvgIpc) is 2.68. The van der Waals surface area contributed by atoms with Crippen molar-refractivity contribution in [1.82, 2.24) is 4.72 Å². The molecular formula is C18H18Cl2N2O6S. The summed E-state index contributed by atoms with van der Waals surface area (Å²) in [5.74, 6) is -1.24. The first-order valence-corrected chi connectivity index (χ1v) is 10.4. The van der Waals surface area contributed by atoms with E-state index in [1.165, 1.54) is 26.3 Å². The number of hydrogen-bond acceptors (Lipinski definition) is 6. The molecule has 11 heteroatoms. The highest BCUT2D eigenvalue weighted by Gasteiger charge is 2.19. The van der Waals surface area contributed by atoms with Gasteiger partial charge in [0.2, 0.25) is 10.0 Å². The number of anilines is 1. The minimum absolute atomic E-state index is 0.0135. The molecule has 0 heterocycles. The van der Waals surface area contributed by atoms with E-state index in [-0.39, 0.29) is 15.5 Å². The fraction of sp³-hybridized carbons (Fsp3) is 0.222. The van der Waals surface area contributed by atoms with Crippen LogP contribution in [0.3, 0.4) is 0 Å². The van der Waals surface area contributed by atoms with Crippen LogP contribution in [0.25, 0.3) is 0 Å². The highest BCUT2D eigenvalue weighted by Crippen LogP contribution is 2.31. The molecule has 2 aromatic carbocycles. The average molecular weight is 461 g/mol. The number of benzene rings is 2. The Morgan fingerprint density at radius 1 is 1.10 bits per heavy atom. The van der Waals surface area contributed by atoms with Crippen LogP contribution in [0, 0.1) is 6.92 Å². The number of nitrogens with one attached hydrogen (secondary N) is 2. The standard InChI is InChI=1S/C18H18Cl2N2O6S/c1-10-6-15(16(27-3)8-14(10)20)22-17(23)9-28-18(24)12-7-11(4-5-13(12)19)29(25,26)21-2/h4-8,21H,9H2,1-3H3,(H,22,23). The van der Waals surface area contributed by atoms with Crippen molar-refractivity contribution in [2.45, 2.75) is 11.8 Å². The van der Waals surface area contributed by atoms with Crippen LogP contribution in [0.4, 0.5) is 5.69 Å². The molecule has 0 aliphatic carbocycles. The molecule has 2 aromatic rings. The number of hydrogen-bond donors (Lipinski definition) is 2. The van der Waals surface area contributed by atoms with Crippen molar-refractivity contribution in [3.8, 4) is 5.75 Å². The predicted octanol–water partition coefficient (Wildman–Crippen LogP) is 3.01. The zero-order valence-electron chi connectivity index (χ0n) is 15.7. The summed E-state index contributed by atoms with van der Waals surface area (Å²) in [6.07, 6.45) is 0. The van der Waals surface area contributed by atoms with Gasteiger partial charge in [0.25, 0.3) is 5.91 Å². The lowest BCUT2D eigenvalue weighted by Gasteiger charge is -2.13. The van der Waals surface area contributed by atoms with Crippen LogP contribution < -0.4 is 14.8 Å². The molecule has 0 unspecified atom stereocenters. The molecule has 0 radical (unpaired) electrons. The zero-order chi connectivity index (χ0) is 21.8. The zero-order valence-corrected chi connectivity index (χ0v) is 18.0. The van der Waals surface area contributed by atoms with Crippen molar-refractivity contribution in [2.75, 3.05) is 26.1 Å². The van der Waals surface area contributed by atoms with Crippen molar-refractivity contribution >= 4 is 50.8 Å². The lowest BCUT2D eigenvalue weighted by Crippen LogP contribution is -2.22. The SMILES string of the molecule is CNS(=O)(=O)c1ccc(Cl)c(C(=O)OCC(=O)Nc2cc(C)c(Cl)cc2OC)c1. The van der Waals surface area contributed by atoms with Crippen LogP contribution in [-0.2, 0) is 19.6 Å². The van der Waals surface area contributed by atoms with Gasteiger partial charge in [0.1, 0.15) is 5.75 Å². The molecule has 2 N–H and O–H groups in total. The normalized spacial score (nSPS) is 11.1. The van der Waals surface area contributed by atoms with Gasteiger partial charge < -0.3 is 14.8 Å². The van der Waals surface area contributed by atoms with Crippen molar-refractivity contribution in [2.24, 2.45) is 0 Å². The molecule has 0 saturated heterocycles. The van der Waals surface area contributed by atoms with Gasteiger partial charge in [-0.05, 0) is 43.8 Å². The van der Waals surface area contributed by atoms with Crippen LogP contribution >= 0.6 is 23.2 Å². The van der Waals surface area contributed by atoms with Gasteiger partial charge in [-0.25, -0.2) is 17.9 Å². The van der Waals surface area contributed by atoms with E-state index in [1.807, 2.05) is 0 Å². The smallest absolute Gasteiger partial charge is 0.340 e. The largest absolute Gasteiger partial charge is 0.495 e. The summed E-state index contributed by atoms with van der Waals surface area (Å²) >= 11 is 12.0. The summed E-state index contributed by atoms with van der Waals surface area (Å²) in [7, 11) is -1.12. The number of sulfonamides is 1. The first-order chi connectivity index (χ1) is 13.6. The Bertz CT molecular complexity index is 1060. The fourth-order valence-corrected chi connectivity index (χ4v) is 3.38. The second kappa shape index (κ2) is 9.45. The Kier molecular flexibility index (Phi) is 7.48. The highest BCUT2D eigenvalue weighted by atomic mass is 35.5. The molecule has 8 nitrogen and oxygen atoms in total. The molecule has 2 rings (SSSR count). The van der Waals surface area contributed by atoms with Crippen molar-refractivity contribution in [1.29, 1.82) is 0 Å². The van der Waals surface area contributed by atoms with Gasteiger partial charge in [-0.1, -0.05) is 23.2 Å². The lowest BCUT2D eigenvalue weighted by molar-refractivity contribution is -0.119. The van der Waals surface area contributed by atoms with E-state index >= 15 is 0 Å². The number of methoxy groups -OCH3 is 1. The molecule has 0 aliphatic rings. The predicted molar refractivity (Wildman–Crippen MR) is 109 cm³/mol. The first kappa shape index (κ1) is 23.0. The van der Waals surface area contributed by atoms with Crippen molar-refractivity contribution in [3.63, 3.8) is 0 Å². The Morgan fingerprint density at radius 2 is 1.79 bits per heavy atom. The van der Waals surface area contributed by atoms with Crippen molar-refractivity contribution < 1.29 is 27.5 Å². The number of rotatable bonds is 7. The van der Waals surface area contributed by atoms with E-state index in [0.717, 1.165) is 6.07 Å². The molecular weight excluding hydrogens is 443 g/mol. The third kappa shape index (κ3) is 5.60. The van der Waals surface area contributed by atoms with Gasteiger partial charge in [-0.15, -0.1) is 0 Å². The van der Waals surface area contributed by atoms with Gasteiger partial charge in [0, 0.05) is 11.1 Å². The maximum Gasteiger partial charge on any atom is 0.340 e. The molecule has 0 saturated carbocycles. The van der Waals surface area contributed by atoms with Gasteiger partial charge in [-0.3, -0.25) is 4.79 Å². The number of carbonyl (C=O) groups excluding carboxylic acids is 2. The molecule has 0 bridgehead atoms. The first-order valence-electron chi connectivity index (χ1n) is 8.13. The summed E-state index contributed by atoms with van der Waals surface area (Å²) in [6, 6.07) is 6.73. The van der Waals surface area contributed by atoms with E-state index in [0.29, 0.717) is 22.0 Å². The Labute approximate surface area is 178 Å². The van der Waals surface area contributed by atoms with Crippen LogP contribution in [0.15, 0.2) is 35.2 Å². The molecule has 0 aromatic heterocycles. The summed E-state index contributed by atoms with van der Waals surface area (Å²) < 4.78 is 36.0. The van der Waals surface area contributed by atoms with E-state index < -0.39 is 28.5 Å². The quantitative estimate of drug-likeness (QED) is 0.614. The molecule has 0 spiro atoms. The van der Waals surface area contributed by atoms with Crippen molar-refractivity contribution in [3.05, 3.63) is 51.5 Å². The van der Waals surface area contributed by atoms with Crippen LogP contribution in [0.2, 0.25) is 10.0 Å². The van der Waals surface area contributed by atoms with Crippen LogP contribution in [0.5, 0.6) is 5.75 Å². The molecule has 0 atom stereocenters. The lowest BCUT2D eigenvalue weighted by atomic mass is 10.2. The summed E-state index contributed by atoms with van der Waals surface area (Å²) in [5, 5.41) is 3.01. The third-order valence-electron chi connectivity index (χ3n) is 3.83. The molecule has 29 heavy (non-hydrogen) atoms. The Hall–Kier alpha value is -2.33. The van der Waals surface area contributed by atoms with Gasteiger partial charge in [-0.2, -0.15) is 0 Å². The van der Waals surface area contributed by atoms with E-state index in [4.69, 9.17) is 32.7 Å². The maximum atomic E-state index is 12.3. The third-order valence-corrected chi connectivity index (χ3v) is 5.97. The van der Waals surface area contributed by atoms with Crippen LogP contribution in [0.1, 0.15) is 15.9 Å². The number of esters is 1. The fourth-order valence-electron chi connectivity index (χ4n) is 2.27. The molecule has 1 amide bonds. The number of ether oxygens (including phenoxy) is 2. The second-order valence-electron chi connectivity index (χ2n) is 5.78. The van der Waals surface area contributed by atoms with E-state index in [1.54, 1.807) is 19.1 Å². The minimum Gasteiger partial charge on any atom is -0.495 e. The second-order valence-corrected chi connectivity index (χ2v) is 8.48. The minimum atomic E-state index is -3.78. The summed E-state index contributed by atoms with van der Waals surface area (Å²) in [6.45, 7) is 1.13. The highest BCUT2D eigenvalue weighted by molar-refractivity contribution is 7.89. The van der Waals surface area contributed by atoms with Crippen LogP contribution in [-0.4, -0.2) is 41.1 Å². The monoisotopic (exact) mass is 460 g/mol. The number of carbonyl (C=O) groups is 2. The Morgan fingerprint density at radius 3 is 2.41 bits per heavy atom. The topological polar surface area (TPSA) is 111 Å². The molecule has 0 aliphatic heterocycles. The number of amides is 1. The van der Waals surface area contributed by atoms with E-state index in [9.17, 15) is 18.0 Å². The molecule has 156 valence electrons. The van der Waals surface area contributed by atoms with Gasteiger partial charge in [0.15, 0.2) is 6.61 Å². The summed E-state index contributed by atoms with van der Waals surface area (Å²) in [4.78, 5) is 24.3.